The van der Waals surface area contributed by atoms with Crippen molar-refractivity contribution in [1.29, 1.82) is 0 Å². The van der Waals surface area contributed by atoms with E-state index in [9.17, 15) is 4.79 Å². The molecule has 1 amide bonds. The molecule has 0 bridgehead atoms. The lowest BCUT2D eigenvalue weighted by atomic mass is 9.79. The molecule has 154 valence electrons. The van der Waals surface area contributed by atoms with Crippen molar-refractivity contribution >= 4 is 11.9 Å². The summed E-state index contributed by atoms with van der Waals surface area (Å²) in [5.74, 6) is 2.05. The molecule has 28 heavy (non-hydrogen) atoms. The summed E-state index contributed by atoms with van der Waals surface area (Å²) >= 11 is 0. The van der Waals surface area contributed by atoms with Crippen molar-refractivity contribution in [2.24, 2.45) is 4.99 Å². The van der Waals surface area contributed by atoms with Crippen molar-refractivity contribution in [3.63, 3.8) is 0 Å². The Morgan fingerprint density at radius 3 is 2.46 bits per heavy atom. The summed E-state index contributed by atoms with van der Waals surface area (Å²) in [5, 5.41) is 3.46. The second kappa shape index (κ2) is 9.30. The van der Waals surface area contributed by atoms with Gasteiger partial charge in [-0.25, -0.2) is 0 Å². The summed E-state index contributed by atoms with van der Waals surface area (Å²) in [7, 11) is 1.72. The van der Waals surface area contributed by atoms with Crippen LogP contribution in [0.2, 0.25) is 0 Å². The first-order valence-corrected chi connectivity index (χ1v) is 10.5. The zero-order valence-corrected chi connectivity index (χ0v) is 17.5. The van der Waals surface area contributed by atoms with E-state index in [0.717, 1.165) is 51.0 Å². The Morgan fingerprint density at radius 2 is 1.86 bits per heavy atom. The highest BCUT2D eigenvalue weighted by Gasteiger charge is 2.36. The number of aliphatic imine (C=N–C) groups is 1. The number of ether oxygens (including phenoxy) is 1. The van der Waals surface area contributed by atoms with Crippen LogP contribution in [-0.4, -0.2) is 68.0 Å². The van der Waals surface area contributed by atoms with E-state index < -0.39 is 0 Å². The van der Waals surface area contributed by atoms with E-state index in [-0.39, 0.29) is 11.3 Å². The van der Waals surface area contributed by atoms with Crippen LogP contribution in [-0.2, 0) is 10.2 Å². The number of hydrogen-bond donors (Lipinski definition) is 1. The smallest absolute Gasteiger partial charge is 0.219 e. The molecule has 1 aliphatic carbocycles. The van der Waals surface area contributed by atoms with Gasteiger partial charge < -0.3 is 19.9 Å². The first kappa shape index (κ1) is 20.5. The monoisotopic (exact) mass is 386 g/mol. The third kappa shape index (κ3) is 4.59. The highest BCUT2D eigenvalue weighted by Crippen LogP contribution is 2.42. The van der Waals surface area contributed by atoms with E-state index in [1.807, 2.05) is 11.0 Å². The fourth-order valence-electron chi connectivity index (χ4n) is 4.43. The molecule has 1 aromatic carbocycles. The van der Waals surface area contributed by atoms with Gasteiger partial charge in [-0.1, -0.05) is 25.0 Å². The number of methoxy groups -OCH3 is 1. The summed E-state index contributed by atoms with van der Waals surface area (Å²) in [6, 6.07) is 8.50. The molecule has 1 heterocycles. The normalized spacial score (nSPS) is 19.6. The number of carbonyl (C=O) groups excluding carboxylic acids is 1. The lowest BCUT2D eigenvalue weighted by molar-refractivity contribution is -0.130. The molecule has 1 aliphatic heterocycles. The van der Waals surface area contributed by atoms with Crippen molar-refractivity contribution in [1.82, 2.24) is 15.1 Å². The Labute approximate surface area is 168 Å². The Balaban J connectivity index is 1.77. The van der Waals surface area contributed by atoms with Gasteiger partial charge >= 0.3 is 0 Å². The topological polar surface area (TPSA) is 57.2 Å². The number of guanidine groups is 1. The number of nitrogens with one attached hydrogen (secondary N) is 1. The second-order valence-electron chi connectivity index (χ2n) is 7.88. The fourth-order valence-corrected chi connectivity index (χ4v) is 4.43. The predicted octanol–water partition coefficient (Wildman–Crippen LogP) is 2.64. The highest BCUT2D eigenvalue weighted by molar-refractivity contribution is 5.80. The Morgan fingerprint density at radius 1 is 1.18 bits per heavy atom. The van der Waals surface area contributed by atoms with E-state index in [2.05, 4.69) is 35.3 Å². The quantitative estimate of drug-likeness (QED) is 0.624. The van der Waals surface area contributed by atoms with Crippen molar-refractivity contribution in [3.8, 4) is 5.75 Å². The van der Waals surface area contributed by atoms with Crippen LogP contribution in [0, 0.1) is 0 Å². The Hall–Kier alpha value is -2.24. The average Bonchev–Trinajstić information content (AvgIpc) is 3.21. The first-order valence-electron chi connectivity index (χ1n) is 10.5. The molecule has 6 nitrogen and oxygen atoms in total. The third-order valence-corrected chi connectivity index (χ3v) is 6.13. The van der Waals surface area contributed by atoms with Crippen LogP contribution in [0.3, 0.4) is 0 Å². The van der Waals surface area contributed by atoms with Gasteiger partial charge in [-0.2, -0.15) is 0 Å². The molecule has 3 rings (SSSR count). The lowest BCUT2D eigenvalue weighted by Crippen LogP contribution is -2.53. The minimum atomic E-state index is 0.0937. The van der Waals surface area contributed by atoms with Crippen LogP contribution in [0.5, 0.6) is 5.75 Å². The molecular weight excluding hydrogens is 352 g/mol. The maximum atomic E-state index is 11.6. The maximum absolute atomic E-state index is 11.6. The summed E-state index contributed by atoms with van der Waals surface area (Å²) < 4.78 is 5.46. The van der Waals surface area contributed by atoms with Crippen LogP contribution < -0.4 is 10.1 Å². The molecule has 0 spiro atoms. The third-order valence-electron chi connectivity index (χ3n) is 6.13. The van der Waals surface area contributed by atoms with Crippen LogP contribution >= 0.6 is 0 Å². The van der Waals surface area contributed by atoms with E-state index in [4.69, 9.17) is 9.73 Å². The molecule has 2 fully saturated rings. The number of nitrogens with zero attached hydrogens (tertiary/aromatic N) is 3. The summed E-state index contributed by atoms with van der Waals surface area (Å²) in [6.07, 6.45) is 4.84. The number of hydrogen-bond acceptors (Lipinski definition) is 3. The van der Waals surface area contributed by atoms with E-state index >= 15 is 0 Å². The van der Waals surface area contributed by atoms with Crippen LogP contribution in [0.1, 0.15) is 45.1 Å². The van der Waals surface area contributed by atoms with Gasteiger partial charge in [-0.05, 0) is 37.5 Å². The minimum Gasteiger partial charge on any atom is -0.497 e. The summed E-state index contributed by atoms with van der Waals surface area (Å²) in [5.41, 5.74) is 1.43. The zero-order chi connectivity index (χ0) is 20.0. The molecular formula is C22H34N4O2. The van der Waals surface area contributed by atoms with Gasteiger partial charge in [0.15, 0.2) is 5.96 Å². The SMILES string of the molecule is CCNC(=NCC1(c2cccc(OC)c2)CCCC1)N1CCN(C(C)=O)CC1. The van der Waals surface area contributed by atoms with Gasteiger partial charge in [0.2, 0.25) is 5.91 Å². The van der Waals surface area contributed by atoms with Gasteiger partial charge in [0.25, 0.3) is 0 Å². The molecule has 1 saturated carbocycles. The average molecular weight is 387 g/mol. The van der Waals surface area contributed by atoms with Crippen LogP contribution in [0.4, 0.5) is 0 Å². The molecule has 0 atom stereocenters. The molecule has 2 aliphatic rings. The molecule has 1 N–H and O–H groups in total. The molecule has 6 heteroatoms. The van der Waals surface area contributed by atoms with Gasteiger partial charge in [0.1, 0.15) is 5.75 Å². The van der Waals surface area contributed by atoms with E-state index in [1.54, 1.807) is 14.0 Å². The maximum Gasteiger partial charge on any atom is 0.219 e. The van der Waals surface area contributed by atoms with Crippen molar-refractivity contribution in [2.45, 2.75) is 44.9 Å². The standard InChI is InChI=1S/C22H34N4O2/c1-4-23-21(26-14-12-25(13-15-26)18(2)27)24-17-22(10-5-6-11-22)19-8-7-9-20(16-19)28-3/h7-9,16H,4-6,10-15,17H2,1-3H3,(H,23,24). The van der Waals surface area contributed by atoms with Gasteiger partial charge in [0, 0.05) is 45.1 Å². The molecule has 1 saturated heterocycles. The summed E-state index contributed by atoms with van der Waals surface area (Å²) in [4.78, 5) is 20.9. The Bertz CT molecular complexity index is 690. The lowest BCUT2D eigenvalue weighted by Gasteiger charge is -2.37. The number of rotatable bonds is 5. The van der Waals surface area contributed by atoms with Crippen LogP contribution in [0.15, 0.2) is 29.3 Å². The largest absolute Gasteiger partial charge is 0.497 e. The number of carbonyl (C=O) groups is 1. The highest BCUT2D eigenvalue weighted by atomic mass is 16.5. The molecule has 0 radical (unpaired) electrons. The van der Waals surface area contributed by atoms with Gasteiger partial charge in [0.05, 0.1) is 13.7 Å². The number of amides is 1. The molecule has 0 unspecified atom stereocenters. The number of piperazine rings is 1. The summed E-state index contributed by atoms with van der Waals surface area (Å²) in [6.45, 7) is 8.58. The zero-order valence-electron chi connectivity index (χ0n) is 17.5. The molecule has 0 aromatic heterocycles. The fraction of sp³-hybridized carbons (Fsp3) is 0.636. The van der Waals surface area contributed by atoms with E-state index in [0.29, 0.717) is 0 Å². The number of benzene rings is 1. The van der Waals surface area contributed by atoms with Gasteiger partial charge in [-0.3, -0.25) is 9.79 Å². The minimum absolute atomic E-state index is 0.0937. The van der Waals surface area contributed by atoms with E-state index in [1.165, 1.54) is 31.2 Å². The van der Waals surface area contributed by atoms with Crippen molar-refractivity contribution < 1.29 is 9.53 Å². The first-order chi connectivity index (χ1) is 13.6. The Kier molecular flexibility index (Phi) is 6.81. The predicted molar refractivity (Wildman–Crippen MR) is 113 cm³/mol. The van der Waals surface area contributed by atoms with Crippen molar-refractivity contribution in [2.75, 3.05) is 46.4 Å². The van der Waals surface area contributed by atoms with Crippen LogP contribution in [0.25, 0.3) is 0 Å². The molecule has 1 aromatic rings. The second-order valence-corrected chi connectivity index (χ2v) is 7.88. The van der Waals surface area contributed by atoms with Crippen molar-refractivity contribution in [3.05, 3.63) is 29.8 Å². The van der Waals surface area contributed by atoms with Gasteiger partial charge in [-0.15, -0.1) is 0 Å².